The van der Waals surface area contributed by atoms with Crippen molar-refractivity contribution < 1.29 is 14.3 Å². The van der Waals surface area contributed by atoms with Gasteiger partial charge in [0.2, 0.25) is 0 Å². The predicted octanol–water partition coefficient (Wildman–Crippen LogP) is 4.32. The molecular formula is C13H11Cl2NO3S. The highest BCUT2D eigenvalue weighted by atomic mass is 35.5. The Bertz CT molecular complexity index is 643. The van der Waals surface area contributed by atoms with Crippen LogP contribution in [0, 0.1) is 0 Å². The summed E-state index contributed by atoms with van der Waals surface area (Å²) in [4.78, 5) is 12.5. The van der Waals surface area contributed by atoms with Crippen molar-refractivity contribution in [3.8, 4) is 11.5 Å². The third-order valence-corrected chi connectivity index (χ3v) is 4.18. The predicted molar refractivity (Wildman–Crippen MR) is 81.8 cm³/mol. The Hall–Kier alpha value is -1.43. The van der Waals surface area contributed by atoms with E-state index in [-0.39, 0.29) is 5.91 Å². The molecule has 20 heavy (non-hydrogen) atoms. The summed E-state index contributed by atoms with van der Waals surface area (Å²) in [6, 6.07) is 4.84. The molecular weight excluding hydrogens is 321 g/mol. The van der Waals surface area contributed by atoms with Crippen molar-refractivity contribution in [1.29, 1.82) is 0 Å². The molecule has 0 spiro atoms. The molecule has 1 N–H and O–H groups in total. The maximum absolute atomic E-state index is 12.1. The molecule has 0 saturated heterocycles. The topological polar surface area (TPSA) is 47.6 Å². The van der Waals surface area contributed by atoms with Crippen molar-refractivity contribution in [2.75, 3.05) is 19.5 Å². The summed E-state index contributed by atoms with van der Waals surface area (Å²) in [6.07, 6.45) is 0. The summed E-state index contributed by atoms with van der Waals surface area (Å²) in [5.74, 6) is 0.604. The van der Waals surface area contributed by atoms with Crippen LogP contribution in [0.5, 0.6) is 11.5 Å². The van der Waals surface area contributed by atoms with E-state index in [9.17, 15) is 4.79 Å². The largest absolute Gasteiger partial charge is 0.495 e. The standard InChI is InChI=1S/C13H11Cl2NO3S/c1-18-10-6-11(19-2)9(5-8(10)15)16-13(17)12-7(14)3-4-20-12/h3-6H,1-2H3,(H,16,17). The average Bonchev–Trinajstić information content (AvgIpc) is 2.85. The van der Waals surface area contributed by atoms with E-state index in [1.807, 2.05) is 0 Å². The minimum absolute atomic E-state index is 0.315. The second kappa shape index (κ2) is 6.35. The lowest BCUT2D eigenvalue weighted by Crippen LogP contribution is -2.11. The number of methoxy groups -OCH3 is 2. The van der Waals surface area contributed by atoms with E-state index in [2.05, 4.69) is 5.32 Å². The van der Waals surface area contributed by atoms with Crippen molar-refractivity contribution in [2.24, 2.45) is 0 Å². The van der Waals surface area contributed by atoms with Crippen molar-refractivity contribution in [1.82, 2.24) is 0 Å². The van der Waals surface area contributed by atoms with E-state index in [1.54, 1.807) is 23.6 Å². The second-order valence-corrected chi connectivity index (χ2v) is 5.47. The highest BCUT2D eigenvalue weighted by Crippen LogP contribution is 2.36. The molecule has 0 atom stereocenters. The van der Waals surface area contributed by atoms with Crippen LogP contribution >= 0.6 is 34.5 Å². The maximum atomic E-state index is 12.1. The smallest absolute Gasteiger partial charge is 0.267 e. The van der Waals surface area contributed by atoms with Crippen LogP contribution in [0.25, 0.3) is 0 Å². The zero-order chi connectivity index (χ0) is 14.7. The van der Waals surface area contributed by atoms with Gasteiger partial charge in [-0.25, -0.2) is 0 Å². The summed E-state index contributed by atoms with van der Waals surface area (Å²) in [7, 11) is 3.00. The number of carbonyl (C=O) groups is 1. The second-order valence-electron chi connectivity index (χ2n) is 3.74. The van der Waals surface area contributed by atoms with E-state index >= 15 is 0 Å². The van der Waals surface area contributed by atoms with Gasteiger partial charge in [0.1, 0.15) is 16.4 Å². The van der Waals surface area contributed by atoms with E-state index in [1.165, 1.54) is 25.6 Å². The monoisotopic (exact) mass is 331 g/mol. The van der Waals surface area contributed by atoms with Gasteiger partial charge in [-0.2, -0.15) is 0 Å². The van der Waals surface area contributed by atoms with E-state index < -0.39 is 0 Å². The van der Waals surface area contributed by atoms with Crippen LogP contribution in [-0.4, -0.2) is 20.1 Å². The minimum Gasteiger partial charge on any atom is -0.495 e. The number of benzene rings is 1. The van der Waals surface area contributed by atoms with E-state index in [4.69, 9.17) is 32.7 Å². The van der Waals surface area contributed by atoms with Crippen LogP contribution in [0.15, 0.2) is 23.6 Å². The van der Waals surface area contributed by atoms with Gasteiger partial charge in [0.15, 0.2) is 0 Å². The van der Waals surface area contributed by atoms with E-state index in [0.717, 1.165) is 0 Å². The van der Waals surface area contributed by atoms with Crippen molar-refractivity contribution >= 4 is 46.1 Å². The molecule has 0 aliphatic carbocycles. The molecule has 0 saturated carbocycles. The fourth-order valence-corrected chi connectivity index (χ4v) is 2.87. The number of anilines is 1. The van der Waals surface area contributed by atoms with Crippen LogP contribution in [0.3, 0.4) is 0 Å². The fourth-order valence-electron chi connectivity index (χ4n) is 1.59. The molecule has 0 fully saturated rings. The van der Waals surface area contributed by atoms with Crippen LogP contribution < -0.4 is 14.8 Å². The quantitative estimate of drug-likeness (QED) is 0.907. The van der Waals surface area contributed by atoms with Crippen molar-refractivity contribution in [2.45, 2.75) is 0 Å². The van der Waals surface area contributed by atoms with Gasteiger partial charge in [-0.3, -0.25) is 4.79 Å². The first kappa shape index (κ1) is 15.0. The summed E-state index contributed by atoms with van der Waals surface area (Å²) < 4.78 is 10.3. The summed E-state index contributed by atoms with van der Waals surface area (Å²) in [5, 5.41) is 5.25. The number of ether oxygens (including phenoxy) is 2. The summed E-state index contributed by atoms with van der Waals surface area (Å²) in [5.41, 5.74) is 0.452. The number of rotatable bonds is 4. The molecule has 0 aliphatic rings. The average molecular weight is 332 g/mol. The van der Waals surface area contributed by atoms with Gasteiger partial charge in [0.05, 0.1) is 30.0 Å². The third kappa shape index (κ3) is 3.00. The molecule has 2 rings (SSSR count). The molecule has 106 valence electrons. The zero-order valence-corrected chi connectivity index (χ0v) is 13.0. The molecule has 1 amide bonds. The van der Waals surface area contributed by atoms with Gasteiger partial charge in [-0.15, -0.1) is 11.3 Å². The maximum Gasteiger partial charge on any atom is 0.267 e. The summed E-state index contributed by atoms with van der Waals surface area (Å²) >= 11 is 13.2. The molecule has 0 bridgehead atoms. The fraction of sp³-hybridized carbons (Fsp3) is 0.154. The SMILES string of the molecule is COc1cc(OC)c(NC(=O)c2sccc2Cl)cc1Cl. The highest BCUT2D eigenvalue weighted by molar-refractivity contribution is 7.12. The normalized spacial score (nSPS) is 10.2. The molecule has 1 aromatic heterocycles. The number of halogens is 2. The van der Waals surface area contributed by atoms with Gasteiger partial charge in [0, 0.05) is 6.07 Å². The van der Waals surface area contributed by atoms with Gasteiger partial charge < -0.3 is 14.8 Å². The Kier molecular flexibility index (Phi) is 4.75. The lowest BCUT2D eigenvalue weighted by atomic mass is 10.2. The number of nitrogens with one attached hydrogen (secondary N) is 1. The Balaban J connectivity index is 2.31. The first-order valence-corrected chi connectivity index (χ1v) is 7.16. The molecule has 0 unspecified atom stereocenters. The first-order chi connectivity index (χ1) is 9.56. The molecule has 0 aliphatic heterocycles. The lowest BCUT2D eigenvalue weighted by Gasteiger charge is -2.12. The Morgan fingerprint density at radius 3 is 2.40 bits per heavy atom. The molecule has 1 heterocycles. The minimum atomic E-state index is -0.315. The third-order valence-electron chi connectivity index (χ3n) is 2.55. The zero-order valence-electron chi connectivity index (χ0n) is 10.7. The van der Waals surface area contributed by atoms with Crippen LogP contribution in [0.1, 0.15) is 9.67 Å². The number of carbonyl (C=O) groups excluding carboxylic acids is 1. The van der Waals surface area contributed by atoms with Gasteiger partial charge in [-0.1, -0.05) is 23.2 Å². The molecule has 0 radical (unpaired) electrons. The van der Waals surface area contributed by atoms with Crippen molar-refractivity contribution in [3.63, 3.8) is 0 Å². The Morgan fingerprint density at radius 1 is 1.15 bits per heavy atom. The molecule has 4 nitrogen and oxygen atoms in total. The Morgan fingerprint density at radius 2 is 1.85 bits per heavy atom. The number of hydrogen-bond acceptors (Lipinski definition) is 4. The Labute approximate surface area is 130 Å². The summed E-state index contributed by atoms with van der Waals surface area (Å²) in [6.45, 7) is 0. The molecule has 7 heteroatoms. The van der Waals surface area contributed by atoms with Crippen LogP contribution in [0.2, 0.25) is 10.0 Å². The van der Waals surface area contributed by atoms with Crippen molar-refractivity contribution in [3.05, 3.63) is 38.5 Å². The molecule has 1 aromatic carbocycles. The number of amides is 1. The van der Waals surface area contributed by atoms with Crippen LogP contribution in [0.4, 0.5) is 5.69 Å². The molecule has 2 aromatic rings. The highest BCUT2D eigenvalue weighted by Gasteiger charge is 2.16. The number of hydrogen-bond donors (Lipinski definition) is 1. The van der Waals surface area contributed by atoms with Gasteiger partial charge in [-0.05, 0) is 17.5 Å². The van der Waals surface area contributed by atoms with E-state index in [0.29, 0.717) is 32.1 Å². The lowest BCUT2D eigenvalue weighted by molar-refractivity contribution is 0.103. The van der Waals surface area contributed by atoms with Crippen LogP contribution in [-0.2, 0) is 0 Å². The first-order valence-electron chi connectivity index (χ1n) is 5.52. The van der Waals surface area contributed by atoms with Gasteiger partial charge >= 0.3 is 0 Å². The van der Waals surface area contributed by atoms with Gasteiger partial charge in [0.25, 0.3) is 5.91 Å². The number of thiophene rings is 1.